The molecule has 0 aromatic heterocycles. The number of nitrogens with zero attached hydrogens (tertiary/aromatic N) is 1. The van der Waals surface area contributed by atoms with Crippen LogP contribution in [0.15, 0.2) is 18.2 Å². The summed E-state index contributed by atoms with van der Waals surface area (Å²) < 4.78 is 38.4. The summed E-state index contributed by atoms with van der Waals surface area (Å²) in [6.45, 7) is 7.22. The zero-order chi connectivity index (χ0) is 16.0. The summed E-state index contributed by atoms with van der Waals surface area (Å²) in [5.74, 6) is 0. The van der Waals surface area contributed by atoms with E-state index in [1.54, 1.807) is 6.07 Å². The smallest absolute Gasteiger partial charge is 0.369 e. The number of halogens is 3. The predicted molar refractivity (Wildman–Crippen MR) is 81.3 cm³/mol. The van der Waals surface area contributed by atoms with Gasteiger partial charge in [-0.15, -0.1) is 0 Å². The number of alkyl halides is 3. The van der Waals surface area contributed by atoms with Crippen LogP contribution in [0.3, 0.4) is 0 Å². The van der Waals surface area contributed by atoms with Gasteiger partial charge in [0.2, 0.25) is 0 Å². The Balaban J connectivity index is 3.18. The lowest BCUT2D eigenvalue weighted by Gasteiger charge is -2.33. The molecule has 0 amide bonds. The first-order valence-corrected chi connectivity index (χ1v) is 7.51. The van der Waals surface area contributed by atoms with Crippen LogP contribution in [-0.2, 0) is 12.7 Å². The van der Waals surface area contributed by atoms with E-state index < -0.39 is 11.7 Å². The van der Waals surface area contributed by atoms with Gasteiger partial charge in [0.15, 0.2) is 0 Å². The van der Waals surface area contributed by atoms with E-state index in [4.69, 9.17) is 5.73 Å². The molecule has 0 heterocycles. The minimum atomic E-state index is -4.33. The van der Waals surface area contributed by atoms with E-state index in [1.165, 1.54) is 6.07 Å². The van der Waals surface area contributed by atoms with Crippen molar-refractivity contribution in [3.63, 3.8) is 0 Å². The molecule has 1 atom stereocenters. The Morgan fingerprint density at radius 2 is 1.90 bits per heavy atom. The number of anilines is 1. The molecule has 1 rings (SSSR count). The lowest BCUT2D eigenvalue weighted by Crippen LogP contribution is -2.34. The number of unbranched alkanes of at least 4 members (excludes halogenated alkanes) is 1. The second kappa shape index (κ2) is 7.69. The number of rotatable bonds is 7. The van der Waals surface area contributed by atoms with Crippen LogP contribution >= 0.6 is 0 Å². The maximum absolute atomic E-state index is 12.8. The van der Waals surface area contributed by atoms with E-state index in [2.05, 4.69) is 25.7 Å². The molecule has 2 N–H and O–H groups in total. The molecule has 0 saturated carbocycles. The SMILES string of the molecule is CCCCN(c1ccc(C(F)(F)F)cc1CN)C(C)CC. The normalized spacial score (nSPS) is 13.3. The van der Waals surface area contributed by atoms with Crippen molar-refractivity contribution in [3.05, 3.63) is 29.3 Å². The number of benzene rings is 1. The molecule has 0 spiro atoms. The molecule has 120 valence electrons. The molecule has 0 fully saturated rings. The first kappa shape index (κ1) is 17.8. The van der Waals surface area contributed by atoms with Crippen LogP contribution in [0.1, 0.15) is 51.2 Å². The van der Waals surface area contributed by atoms with Gasteiger partial charge in [0.05, 0.1) is 5.56 Å². The van der Waals surface area contributed by atoms with Crippen molar-refractivity contribution in [2.45, 2.75) is 58.8 Å². The third kappa shape index (κ3) is 4.63. The standard InChI is InChI=1S/C16H25F3N2/c1-4-6-9-21(12(3)5-2)15-8-7-14(16(17,18)19)10-13(15)11-20/h7-8,10,12H,4-6,9,11,20H2,1-3H3. The molecule has 0 aliphatic carbocycles. The third-order valence-electron chi connectivity index (χ3n) is 3.81. The van der Waals surface area contributed by atoms with E-state index in [-0.39, 0.29) is 12.6 Å². The Kier molecular flexibility index (Phi) is 6.52. The number of nitrogens with two attached hydrogens (primary N) is 1. The summed E-state index contributed by atoms with van der Waals surface area (Å²) in [5, 5.41) is 0. The zero-order valence-corrected chi connectivity index (χ0v) is 13.0. The molecule has 5 heteroatoms. The molecule has 1 unspecified atom stereocenters. The zero-order valence-electron chi connectivity index (χ0n) is 13.0. The molecular weight excluding hydrogens is 277 g/mol. The lowest BCUT2D eigenvalue weighted by molar-refractivity contribution is -0.137. The second-order valence-corrected chi connectivity index (χ2v) is 5.35. The summed E-state index contributed by atoms with van der Waals surface area (Å²) in [4.78, 5) is 2.17. The summed E-state index contributed by atoms with van der Waals surface area (Å²) in [6, 6.07) is 4.16. The Hall–Kier alpha value is -1.23. The topological polar surface area (TPSA) is 29.3 Å². The van der Waals surface area contributed by atoms with Gasteiger partial charge in [-0.1, -0.05) is 20.3 Å². The third-order valence-corrected chi connectivity index (χ3v) is 3.81. The van der Waals surface area contributed by atoms with Crippen molar-refractivity contribution in [3.8, 4) is 0 Å². The molecule has 0 bridgehead atoms. The number of hydrogen-bond acceptors (Lipinski definition) is 2. The quantitative estimate of drug-likeness (QED) is 0.799. The van der Waals surface area contributed by atoms with Crippen LogP contribution in [-0.4, -0.2) is 12.6 Å². The first-order valence-electron chi connectivity index (χ1n) is 7.51. The summed E-state index contributed by atoms with van der Waals surface area (Å²) >= 11 is 0. The molecule has 1 aromatic rings. The van der Waals surface area contributed by atoms with E-state index in [1.807, 2.05) is 0 Å². The van der Waals surface area contributed by atoms with Gasteiger partial charge in [0.1, 0.15) is 0 Å². The van der Waals surface area contributed by atoms with Gasteiger partial charge in [-0.2, -0.15) is 13.2 Å². The van der Waals surface area contributed by atoms with Gasteiger partial charge in [0.25, 0.3) is 0 Å². The fourth-order valence-electron chi connectivity index (χ4n) is 2.33. The van der Waals surface area contributed by atoms with Gasteiger partial charge in [-0.25, -0.2) is 0 Å². The monoisotopic (exact) mass is 302 g/mol. The molecule has 1 aromatic carbocycles. The van der Waals surface area contributed by atoms with Crippen molar-refractivity contribution < 1.29 is 13.2 Å². The highest BCUT2D eigenvalue weighted by Gasteiger charge is 2.31. The minimum absolute atomic E-state index is 0.109. The average Bonchev–Trinajstić information content (AvgIpc) is 2.46. The van der Waals surface area contributed by atoms with Crippen LogP contribution in [0, 0.1) is 0 Å². The molecule has 0 aliphatic heterocycles. The fourth-order valence-corrected chi connectivity index (χ4v) is 2.33. The Morgan fingerprint density at radius 3 is 2.38 bits per heavy atom. The fraction of sp³-hybridized carbons (Fsp3) is 0.625. The van der Waals surface area contributed by atoms with E-state index in [0.29, 0.717) is 5.56 Å². The van der Waals surface area contributed by atoms with Gasteiger partial charge in [0, 0.05) is 24.8 Å². The van der Waals surface area contributed by atoms with Crippen molar-refractivity contribution in [2.24, 2.45) is 5.73 Å². The van der Waals surface area contributed by atoms with Crippen LogP contribution in [0.2, 0.25) is 0 Å². The maximum Gasteiger partial charge on any atom is 0.416 e. The maximum atomic E-state index is 12.8. The van der Waals surface area contributed by atoms with E-state index in [9.17, 15) is 13.2 Å². The van der Waals surface area contributed by atoms with Crippen LogP contribution in [0.25, 0.3) is 0 Å². The first-order chi connectivity index (χ1) is 9.85. The highest BCUT2D eigenvalue weighted by atomic mass is 19.4. The molecule has 0 saturated heterocycles. The van der Waals surface area contributed by atoms with Gasteiger partial charge < -0.3 is 10.6 Å². The second-order valence-electron chi connectivity index (χ2n) is 5.35. The lowest BCUT2D eigenvalue weighted by atomic mass is 10.0. The van der Waals surface area contributed by atoms with Crippen LogP contribution in [0.5, 0.6) is 0 Å². The van der Waals surface area contributed by atoms with Crippen LogP contribution < -0.4 is 10.6 Å². The van der Waals surface area contributed by atoms with E-state index >= 15 is 0 Å². The summed E-state index contributed by atoms with van der Waals surface area (Å²) in [6.07, 6.45) is -1.33. The molecule has 0 radical (unpaired) electrons. The Labute approximate surface area is 125 Å². The average molecular weight is 302 g/mol. The molecule has 21 heavy (non-hydrogen) atoms. The Bertz CT molecular complexity index is 444. The van der Waals surface area contributed by atoms with Gasteiger partial charge >= 0.3 is 6.18 Å². The largest absolute Gasteiger partial charge is 0.416 e. The number of hydrogen-bond donors (Lipinski definition) is 1. The van der Waals surface area contributed by atoms with Crippen LogP contribution in [0.4, 0.5) is 18.9 Å². The highest BCUT2D eigenvalue weighted by molar-refractivity contribution is 5.56. The predicted octanol–water partition coefficient (Wildman–Crippen LogP) is 4.57. The minimum Gasteiger partial charge on any atom is -0.369 e. The van der Waals surface area contributed by atoms with Gasteiger partial charge in [-0.3, -0.25) is 0 Å². The Morgan fingerprint density at radius 1 is 1.24 bits per heavy atom. The highest BCUT2D eigenvalue weighted by Crippen LogP contribution is 2.33. The van der Waals surface area contributed by atoms with Crippen molar-refractivity contribution in [1.82, 2.24) is 0 Å². The summed E-state index contributed by atoms with van der Waals surface area (Å²) in [5.41, 5.74) is 6.43. The van der Waals surface area contributed by atoms with Gasteiger partial charge in [-0.05, 0) is 43.5 Å². The van der Waals surface area contributed by atoms with Crippen molar-refractivity contribution in [1.29, 1.82) is 0 Å². The molecule has 0 aliphatic rings. The summed E-state index contributed by atoms with van der Waals surface area (Å²) in [7, 11) is 0. The molecular formula is C16H25F3N2. The van der Waals surface area contributed by atoms with E-state index in [0.717, 1.165) is 37.6 Å². The molecule has 2 nitrogen and oxygen atoms in total. The van der Waals surface area contributed by atoms with Crippen molar-refractivity contribution >= 4 is 5.69 Å². The van der Waals surface area contributed by atoms with Crippen molar-refractivity contribution in [2.75, 3.05) is 11.4 Å².